The first kappa shape index (κ1) is 19.5. The fraction of sp³-hybridized carbons (Fsp3) is 0.111. The van der Waals surface area contributed by atoms with Crippen LogP contribution in [0.2, 0.25) is 0 Å². The lowest BCUT2D eigenvalue weighted by Gasteiger charge is -2.05. The van der Waals surface area contributed by atoms with Crippen LogP contribution in [-0.4, -0.2) is 19.3 Å². The molecule has 0 atom stereocenters. The van der Waals surface area contributed by atoms with Crippen LogP contribution in [0.4, 0.5) is 10.8 Å². The SMILES string of the molecule is Cc1ccc(S(=O)(=O)Nc2nc(CC(=O)Nc3cccc(Br)c3)cs2)cc1. The van der Waals surface area contributed by atoms with Gasteiger partial charge in [-0.15, -0.1) is 11.3 Å². The van der Waals surface area contributed by atoms with Gasteiger partial charge in [0.15, 0.2) is 5.13 Å². The van der Waals surface area contributed by atoms with Crippen LogP contribution < -0.4 is 10.0 Å². The van der Waals surface area contributed by atoms with Gasteiger partial charge in [0, 0.05) is 15.5 Å². The molecule has 0 unspecified atom stereocenters. The Balaban J connectivity index is 1.64. The van der Waals surface area contributed by atoms with E-state index in [1.165, 1.54) is 12.1 Å². The third-order valence-electron chi connectivity index (χ3n) is 3.55. The van der Waals surface area contributed by atoms with E-state index in [0.717, 1.165) is 21.4 Å². The number of aromatic nitrogens is 1. The second kappa shape index (κ2) is 8.20. The summed E-state index contributed by atoms with van der Waals surface area (Å²) < 4.78 is 28.1. The van der Waals surface area contributed by atoms with Crippen molar-refractivity contribution in [2.45, 2.75) is 18.2 Å². The predicted octanol–water partition coefficient (Wildman–Crippen LogP) is 4.20. The number of benzene rings is 2. The molecule has 27 heavy (non-hydrogen) atoms. The number of nitrogens with zero attached hydrogens (tertiary/aromatic N) is 1. The van der Waals surface area contributed by atoms with E-state index in [-0.39, 0.29) is 22.4 Å². The standard InChI is InChI=1S/C18H16BrN3O3S2/c1-12-5-7-16(8-6-12)27(24,25)22-18-21-15(11-26-18)10-17(23)20-14-4-2-3-13(19)9-14/h2-9,11H,10H2,1H3,(H,20,23)(H,21,22). The van der Waals surface area contributed by atoms with Gasteiger partial charge in [-0.2, -0.15) is 0 Å². The van der Waals surface area contributed by atoms with Crippen molar-refractivity contribution in [3.8, 4) is 0 Å². The highest BCUT2D eigenvalue weighted by molar-refractivity contribution is 9.10. The van der Waals surface area contributed by atoms with Crippen LogP contribution in [0.25, 0.3) is 0 Å². The molecule has 0 radical (unpaired) electrons. The molecular formula is C18H16BrN3O3S2. The number of thiazole rings is 1. The average molecular weight is 466 g/mol. The van der Waals surface area contributed by atoms with Gasteiger partial charge in [0.2, 0.25) is 5.91 Å². The summed E-state index contributed by atoms with van der Waals surface area (Å²) in [4.78, 5) is 16.5. The molecule has 0 aliphatic rings. The largest absolute Gasteiger partial charge is 0.326 e. The highest BCUT2D eigenvalue weighted by Gasteiger charge is 2.16. The fourth-order valence-electron chi connectivity index (χ4n) is 2.26. The molecule has 9 heteroatoms. The molecule has 1 heterocycles. The van der Waals surface area contributed by atoms with Gasteiger partial charge in [0.1, 0.15) is 0 Å². The molecule has 140 valence electrons. The molecule has 0 spiro atoms. The fourth-order valence-corrected chi connectivity index (χ4v) is 4.62. The molecule has 0 aliphatic carbocycles. The average Bonchev–Trinajstić information content (AvgIpc) is 3.01. The van der Waals surface area contributed by atoms with Gasteiger partial charge < -0.3 is 5.32 Å². The van der Waals surface area contributed by atoms with E-state index in [9.17, 15) is 13.2 Å². The quantitative estimate of drug-likeness (QED) is 0.570. The van der Waals surface area contributed by atoms with Crippen LogP contribution in [-0.2, 0) is 21.2 Å². The zero-order valence-corrected chi connectivity index (χ0v) is 17.5. The van der Waals surface area contributed by atoms with E-state index >= 15 is 0 Å². The first-order valence-corrected chi connectivity index (χ1v) is 11.1. The molecule has 2 aromatic carbocycles. The smallest absolute Gasteiger partial charge is 0.263 e. The maximum Gasteiger partial charge on any atom is 0.263 e. The summed E-state index contributed by atoms with van der Waals surface area (Å²) in [6.45, 7) is 1.89. The van der Waals surface area contributed by atoms with E-state index < -0.39 is 10.0 Å². The van der Waals surface area contributed by atoms with Crippen LogP contribution in [0.1, 0.15) is 11.3 Å². The molecule has 0 fully saturated rings. The van der Waals surface area contributed by atoms with E-state index in [1.807, 2.05) is 19.1 Å². The summed E-state index contributed by atoms with van der Waals surface area (Å²) in [5.74, 6) is -0.230. The van der Waals surface area contributed by atoms with Gasteiger partial charge >= 0.3 is 0 Å². The predicted molar refractivity (Wildman–Crippen MR) is 111 cm³/mol. The number of carbonyl (C=O) groups is 1. The molecule has 0 saturated heterocycles. The highest BCUT2D eigenvalue weighted by Crippen LogP contribution is 2.21. The molecule has 1 amide bonds. The Morgan fingerprint density at radius 1 is 1.19 bits per heavy atom. The van der Waals surface area contributed by atoms with Gasteiger partial charge in [0.05, 0.1) is 17.0 Å². The summed E-state index contributed by atoms with van der Waals surface area (Å²) in [6.07, 6.45) is 0.0509. The number of halogens is 1. The van der Waals surface area contributed by atoms with Crippen molar-refractivity contribution < 1.29 is 13.2 Å². The summed E-state index contributed by atoms with van der Waals surface area (Å²) in [5, 5.41) is 4.66. The topological polar surface area (TPSA) is 88.2 Å². The van der Waals surface area contributed by atoms with Crippen LogP contribution >= 0.6 is 27.3 Å². The van der Waals surface area contributed by atoms with Crippen LogP contribution in [0.5, 0.6) is 0 Å². The number of anilines is 2. The summed E-state index contributed by atoms with van der Waals surface area (Å²) in [7, 11) is -3.71. The Kier molecular flexibility index (Phi) is 5.93. The number of rotatable bonds is 6. The highest BCUT2D eigenvalue weighted by atomic mass is 79.9. The van der Waals surface area contributed by atoms with Gasteiger partial charge in [-0.3, -0.25) is 9.52 Å². The van der Waals surface area contributed by atoms with E-state index in [1.54, 1.807) is 29.6 Å². The molecule has 6 nitrogen and oxygen atoms in total. The first-order chi connectivity index (χ1) is 12.8. The minimum atomic E-state index is -3.71. The minimum absolute atomic E-state index is 0.0509. The molecule has 0 aliphatic heterocycles. The number of aryl methyl sites for hydroxylation is 1. The number of amides is 1. The second-order valence-corrected chi connectivity index (χ2v) is 9.25. The van der Waals surface area contributed by atoms with Crippen molar-refractivity contribution in [2.24, 2.45) is 0 Å². The van der Waals surface area contributed by atoms with Gasteiger partial charge in [-0.25, -0.2) is 13.4 Å². The van der Waals surface area contributed by atoms with Crippen molar-refractivity contribution >= 4 is 54.0 Å². The monoisotopic (exact) mass is 465 g/mol. The molecular weight excluding hydrogens is 450 g/mol. The lowest BCUT2D eigenvalue weighted by molar-refractivity contribution is -0.115. The summed E-state index contributed by atoms with van der Waals surface area (Å²) in [6, 6.07) is 13.8. The van der Waals surface area contributed by atoms with E-state index in [0.29, 0.717) is 11.4 Å². The van der Waals surface area contributed by atoms with Crippen molar-refractivity contribution in [2.75, 3.05) is 10.0 Å². The first-order valence-electron chi connectivity index (χ1n) is 7.91. The Morgan fingerprint density at radius 2 is 1.93 bits per heavy atom. The van der Waals surface area contributed by atoms with Crippen LogP contribution in [0, 0.1) is 6.92 Å². The Labute approximate surface area is 169 Å². The van der Waals surface area contributed by atoms with Crippen molar-refractivity contribution in [3.63, 3.8) is 0 Å². The normalized spacial score (nSPS) is 11.2. The molecule has 1 aromatic heterocycles. The Hall–Kier alpha value is -2.23. The third kappa shape index (κ3) is 5.38. The number of sulfonamides is 1. The van der Waals surface area contributed by atoms with E-state index in [2.05, 4.69) is 31.0 Å². The van der Waals surface area contributed by atoms with Crippen molar-refractivity contribution in [3.05, 3.63) is 69.6 Å². The van der Waals surface area contributed by atoms with Gasteiger partial charge in [0.25, 0.3) is 10.0 Å². The zero-order valence-electron chi connectivity index (χ0n) is 14.3. The molecule has 3 rings (SSSR count). The summed E-state index contributed by atoms with van der Waals surface area (Å²) >= 11 is 4.48. The molecule has 3 aromatic rings. The molecule has 0 saturated carbocycles. The minimum Gasteiger partial charge on any atom is -0.326 e. The van der Waals surface area contributed by atoms with Crippen molar-refractivity contribution in [1.82, 2.24) is 4.98 Å². The van der Waals surface area contributed by atoms with Gasteiger partial charge in [-0.1, -0.05) is 39.7 Å². The summed E-state index contributed by atoms with van der Waals surface area (Å²) in [5.41, 5.74) is 2.14. The van der Waals surface area contributed by atoms with Gasteiger partial charge in [-0.05, 0) is 37.3 Å². The second-order valence-electron chi connectivity index (χ2n) is 5.80. The molecule has 0 bridgehead atoms. The zero-order chi connectivity index (χ0) is 19.4. The Bertz CT molecular complexity index is 1060. The van der Waals surface area contributed by atoms with Crippen LogP contribution in [0.3, 0.4) is 0 Å². The van der Waals surface area contributed by atoms with Crippen molar-refractivity contribution in [1.29, 1.82) is 0 Å². The maximum absolute atomic E-state index is 12.4. The van der Waals surface area contributed by atoms with Crippen LogP contribution in [0.15, 0.2) is 63.3 Å². The third-order valence-corrected chi connectivity index (χ3v) is 6.34. The van der Waals surface area contributed by atoms with E-state index in [4.69, 9.17) is 0 Å². The lowest BCUT2D eigenvalue weighted by Crippen LogP contribution is -2.15. The number of nitrogens with one attached hydrogen (secondary N) is 2. The lowest BCUT2D eigenvalue weighted by atomic mass is 10.2. The Morgan fingerprint density at radius 3 is 2.63 bits per heavy atom. The maximum atomic E-state index is 12.4. The number of hydrogen-bond donors (Lipinski definition) is 2. The number of carbonyl (C=O) groups excluding carboxylic acids is 1. The molecule has 2 N–H and O–H groups in total. The number of hydrogen-bond acceptors (Lipinski definition) is 5.